The predicted octanol–water partition coefficient (Wildman–Crippen LogP) is 4.32. The summed E-state index contributed by atoms with van der Waals surface area (Å²) in [5.41, 5.74) is 4.81. The number of thiophene rings is 1. The third-order valence-electron chi connectivity index (χ3n) is 3.00. The summed E-state index contributed by atoms with van der Waals surface area (Å²) in [5.74, 6) is -0.372. The lowest BCUT2D eigenvalue weighted by Gasteiger charge is -2.08. The predicted molar refractivity (Wildman–Crippen MR) is 101 cm³/mol. The number of carbonyl (C=O) groups excluding carboxylic acids is 2. The maximum Gasteiger partial charge on any atom is 0.248 e. The second-order valence-electron chi connectivity index (χ2n) is 4.89. The van der Waals surface area contributed by atoms with E-state index < -0.39 is 0 Å². The molecule has 0 aliphatic rings. The molecule has 2 N–H and O–H groups in total. The highest BCUT2D eigenvalue weighted by atomic mass is 35.5. The van der Waals surface area contributed by atoms with E-state index in [4.69, 9.17) is 23.2 Å². The Hall–Kier alpha value is -1.21. The number of benzene rings is 1. The molecule has 0 spiro atoms. The first-order valence-corrected chi connectivity index (χ1v) is 9.84. The largest absolute Gasteiger partial charge is 0.273 e. The summed E-state index contributed by atoms with van der Waals surface area (Å²) in [6.45, 7) is 0. The Morgan fingerprint density at radius 1 is 1.12 bits per heavy atom. The Kier molecular flexibility index (Phi) is 7.91. The van der Waals surface area contributed by atoms with E-state index in [1.165, 1.54) is 16.6 Å². The minimum atomic E-state index is -0.303. The molecular weight excluding hydrogens is 387 g/mol. The summed E-state index contributed by atoms with van der Waals surface area (Å²) in [4.78, 5) is 25.4. The Bertz CT molecular complexity index is 693. The van der Waals surface area contributed by atoms with Crippen molar-refractivity contribution in [3.05, 3.63) is 50.6 Å². The van der Waals surface area contributed by atoms with Crippen molar-refractivity contribution >= 4 is 58.1 Å². The van der Waals surface area contributed by atoms with Crippen LogP contribution in [0.5, 0.6) is 0 Å². The zero-order chi connectivity index (χ0) is 17.4. The van der Waals surface area contributed by atoms with Crippen LogP contribution in [0.2, 0.25) is 10.0 Å². The Labute approximate surface area is 158 Å². The molecule has 1 aromatic heterocycles. The number of hydrazine groups is 1. The van der Waals surface area contributed by atoms with E-state index in [-0.39, 0.29) is 17.6 Å². The van der Waals surface area contributed by atoms with Crippen molar-refractivity contribution in [2.24, 2.45) is 0 Å². The molecule has 2 amide bonds. The van der Waals surface area contributed by atoms with Crippen molar-refractivity contribution < 1.29 is 9.59 Å². The summed E-state index contributed by atoms with van der Waals surface area (Å²) >= 11 is 14.9. The van der Waals surface area contributed by atoms with E-state index in [9.17, 15) is 9.59 Å². The van der Waals surface area contributed by atoms with Gasteiger partial charge in [-0.15, -0.1) is 23.1 Å². The Balaban J connectivity index is 1.63. The number of aryl methyl sites for hydroxylation is 1. The molecular formula is C16H16Cl2N2O2S2. The molecule has 1 aromatic carbocycles. The molecule has 0 saturated carbocycles. The molecule has 0 unspecified atom stereocenters. The maximum absolute atomic E-state index is 11.8. The van der Waals surface area contributed by atoms with Gasteiger partial charge in [0, 0.05) is 21.2 Å². The third kappa shape index (κ3) is 6.73. The van der Waals surface area contributed by atoms with Crippen LogP contribution in [0.15, 0.2) is 40.6 Å². The Morgan fingerprint density at radius 3 is 2.67 bits per heavy atom. The first-order valence-electron chi connectivity index (χ1n) is 7.22. The van der Waals surface area contributed by atoms with E-state index in [1.807, 2.05) is 17.5 Å². The molecule has 24 heavy (non-hydrogen) atoms. The van der Waals surface area contributed by atoms with Gasteiger partial charge in [-0.3, -0.25) is 20.4 Å². The number of halogens is 2. The fraction of sp³-hybridized carbons (Fsp3) is 0.250. The second-order valence-corrected chi connectivity index (χ2v) is 7.79. The summed E-state index contributed by atoms with van der Waals surface area (Å²) in [7, 11) is 0. The number of thioether (sulfide) groups is 1. The van der Waals surface area contributed by atoms with Gasteiger partial charge in [0.2, 0.25) is 11.8 Å². The van der Waals surface area contributed by atoms with Crippen LogP contribution in [0, 0.1) is 0 Å². The number of amides is 2. The number of hydrogen-bond acceptors (Lipinski definition) is 4. The monoisotopic (exact) mass is 402 g/mol. The summed E-state index contributed by atoms with van der Waals surface area (Å²) in [6.07, 6.45) is 1.97. The summed E-state index contributed by atoms with van der Waals surface area (Å²) < 4.78 is 0. The van der Waals surface area contributed by atoms with Crippen molar-refractivity contribution in [2.75, 3.05) is 5.75 Å². The lowest BCUT2D eigenvalue weighted by Crippen LogP contribution is -2.42. The molecule has 0 aliphatic heterocycles. The van der Waals surface area contributed by atoms with Crippen LogP contribution in [-0.4, -0.2) is 17.6 Å². The van der Waals surface area contributed by atoms with Gasteiger partial charge in [-0.05, 0) is 42.5 Å². The molecule has 0 radical (unpaired) electrons. The normalized spacial score (nSPS) is 10.4. The molecule has 4 nitrogen and oxygen atoms in total. The number of nitrogens with one attached hydrogen (secondary N) is 2. The van der Waals surface area contributed by atoms with Crippen LogP contribution in [-0.2, 0) is 16.0 Å². The van der Waals surface area contributed by atoms with Crippen LogP contribution in [0.1, 0.15) is 17.7 Å². The maximum atomic E-state index is 11.8. The molecule has 0 bridgehead atoms. The smallest absolute Gasteiger partial charge is 0.248 e. The fourth-order valence-corrected chi connectivity index (χ4v) is 3.89. The van der Waals surface area contributed by atoms with Crippen molar-refractivity contribution in [3.63, 3.8) is 0 Å². The van der Waals surface area contributed by atoms with Crippen LogP contribution in [0.4, 0.5) is 0 Å². The van der Waals surface area contributed by atoms with E-state index in [0.717, 1.165) is 17.7 Å². The fourth-order valence-electron chi connectivity index (χ4n) is 1.85. The van der Waals surface area contributed by atoms with Crippen molar-refractivity contribution in [1.29, 1.82) is 0 Å². The van der Waals surface area contributed by atoms with E-state index >= 15 is 0 Å². The molecule has 0 saturated heterocycles. The summed E-state index contributed by atoms with van der Waals surface area (Å²) in [5, 5.41) is 3.11. The zero-order valence-corrected chi connectivity index (χ0v) is 15.8. The van der Waals surface area contributed by atoms with Gasteiger partial charge in [0.1, 0.15) is 0 Å². The highest BCUT2D eigenvalue weighted by Crippen LogP contribution is 2.29. The second kappa shape index (κ2) is 9.93. The summed E-state index contributed by atoms with van der Waals surface area (Å²) in [6, 6.07) is 9.10. The topological polar surface area (TPSA) is 58.2 Å². The quantitative estimate of drug-likeness (QED) is 0.535. The van der Waals surface area contributed by atoms with Crippen LogP contribution < -0.4 is 10.9 Å². The molecule has 0 atom stereocenters. The molecule has 0 fully saturated rings. The SMILES string of the molecule is O=C(CCCc1cccs1)NNC(=O)CSc1cc(Cl)ccc1Cl. The van der Waals surface area contributed by atoms with Crippen LogP contribution in [0.3, 0.4) is 0 Å². The molecule has 2 aromatic rings. The molecule has 128 valence electrons. The van der Waals surface area contributed by atoms with Gasteiger partial charge in [-0.2, -0.15) is 0 Å². The molecule has 8 heteroatoms. The van der Waals surface area contributed by atoms with Gasteiger partial charge < -0.3 is 0 Å². The van der Waals surface area contributed by atoms with Gasteiger partial charge in [-0.1, -0.05) is 29.3 Å². The lowest BCUT2D eigenvalue weighted by atomic mass is 10.2. The van der Waals surface area contributed by atoms with Crippen molar-refractivity contribution in [3.8, 4) is 0 Å². The molecule has 1 heterocycles. The van der Waals surface area contributed by atoms with E-state index in [1.54, 1.807) is 29.5 Å². The van der Waals surface area contributed by atoms with Gasteiger partial charge >= 0.3 is 0 Å². The number of rotatable bonds is 7. The van der Waals surface area contributed by atoms with Crippen LogP contribution in [0.25, 0.3) is 0 Å². The average Bonchev–Trinajstić information content (AvgIpc) is 3.07. The van der Waals surface area contributed by atoms with Gasteiger partial charge in [0.05, 0.1) is 10.8 Å². The highest BCUT2D eigenvalue weighted by Gasteiger charge is 2.08. The minimum absolute atomic E-state index is 0.134. The standard InChI is InChI=1S/C16H16Cl2N2O2S2/c17-11-6-7-13(18)14(9-11)24-10-16(22)20-19-15(21)5-1-3-12-4-2-8-23-12/h2,4,6-9H,1,3,5,10H2,(H,19,21)(H,20,22). The molecule has 2 rings (SSSR count). The first-order chi connectivity index (χ1) is 11.5. The Morgan fingerprint density at radius 2 is 1.92 bits per heavy atom. The third-order valence-corrected chi connectivity index (χ3v) is 5.67. The van der Waals surface area contributed by atoms with E-state index in [2.05, 4.69) is 10.9 Å². The average molecular weight is 403 g/mol. The van der Waals surface area contributed by atoms with Crippen LogP contribution >= 0.6 is 46.3 Å². The molecule has 0 aliphatic carbocycles. The lowest BCUT2D eigenvalue weighted by molar-refractivity contribution is -0.127. The highest BCUT2D eigenvalue weighted by molar-refractivity contribution is 8.00. The zero-order valence-electron chi connectivity index (χ0n) is 12.7. The number of carbonyl (C=O) groups is 2. The van der Waals surface area contributed by atoms with Gasteiger partial charge in [0.15, 0.2) is 0 Å². The van der Waals surface area contributed by atoms with Crippen molar-refractivity contribution in [2.45, 2.75) is 24.2 Å². The number of hydrogen-bond donors (Lipinski definition) is 2. The van der Waals surface area contributed by atoms with Gasteiger partial charge in [-0.25, -0.2) is 0 Å². The van der Waals surface area contributed by atoms with E-state index in [0.29, 0.717) is 16.5 Å². The minimum Gasteiger partial charge on any atom is -0.273 e. The van der Waals surface area contributed by atoms with Crippen molar-refractivity contribution in [1.82, 2.24) is 10.9 Å². The first kappa shape index (κ1) is 19.1. The van der Waals surface area contributed by atoms with Gasteiger partial charge in [0.25, 0.3) is 0 Å².